The first-order valence-corrected chi connectivity index (χ1v) is 13.7. The first-order chi connectivity index (χ1) is 18.1. The van der Waals surface area contributed by atoms with Gasteiger partial charge in [-0.3, -0.25) is 9.59 Å². The van der Waals surface area contributed by atoms with Gasteiger partial charge in [0.25, 0.3) is 5.91 Å². The summed E-state index contributed by atoms with van der Waals surface area (Å²) < 4.78 is 0. The summed E-state index contributed by atoms with van der Waals surface area (Å²) in [4.78, 5) is 29.4. The maximum atomic E-state index is 14.2. The van der Waals surface area contributed by atoms with E-state index in [0.29, 0.717) is 11.5 Å². The number of carbonyl (C=O) groups is 2. The average molecular weight is 494 g/mol. The van der Waals surface area contributed by atoms with Gasteiger partial charge in [-0.25, -0.2) is 0 Å². The van der Waals surface area contributed by atoms with Crippen molar-refractivity contribution >= 4 is 17.5 Å². The van der Waals surface area contributed by atoms with Crippen LogP contribution in [0.5, 0.6) is 0 Å². The van der Waals surface area contributed by atoms with Crippen LogP contribution in [-0.4, -0.2) is 29.3 Å². The Hall–Kier alpha value is -3.60. The van der Waals surface area contributed by atoms with Gasteiger partial charge in [0, 0.05) is 29.8 Å². The third-order valence-electron chi connectivity index (χ3n) is 8.62. The SMILES string of the molecule is Cc1ccc([C@@H]2Nc3ccccc3[C@H]3[C@@H]2CCN3C(=O)[C@H]2CCCC[C@H]2NC(=O)c2ccccc2)cc1. The number of aryl methyl sites for hydroxylation is 1. The zero-order valence-electron chi connectivity index (χ0n) is 21.4. The van der Waals surface area contributed by atoms with Gasteiger partial charge >= 0.3 is 0 Å². The van der Waals surface area contributed by atoms with Crippen molar-refractivity contribution in [1.82, 2.24) is 10.2 Å². The van der Waals surface area contributed by atoms with Crippen LogP contribution in [0.4, 0.5) is 5.69 Å². The molecule has 0 radical (unpaired) electrons. The molecule has 1 saturated carbocycles. The van der Waals surface area contributed by atoms with Crippen molar-refractivity contribution in [2.75, 3.05) is 11.9 Å². The number of rotatable bonds is 4. The predicted octanol–water partition coefficient (Wildman–Crippen LogP) is 6.04. The molecule has 37 heavy (non-hydrogen) atoms. The molecule has 2 fully saturated rings. The number of anilines is 1. The van der Waals surface area contributed by atoms with E-state index in [1.807, 2.05) is 30.3 Å². The summed E-state index contributed by atoms with van der Waals surface area (Å²) in [5.41, 5.74) is 5.50. The molecule has 0 unspecified atom stereocenters. The van der Waals surface area contributed by atoms with Crippen molar-refractivity contribution < 1.29 is 9.59 Å². The maximum absolute atomic E-state index is 14.2. The fourth-order valence-corrected chi connectivity index (χ4v) is 6.73. The van der Waals surface area contributed by atoms with Gasteiger partial charge in [0.1, 0.15) is 0 Å². The molecular formula is C32H35N3O2. The molecule has 3 aromatic rings. The molecule has 0 aromatic heterocycles. The second-order valence-corrected chi connectivity index (χ2v) is 10.9. The number of hydrogen-bond donors (Lipinski definition) is 2. The Balaban J connectivity index is 1.28. The van der Waals surface area contributed by atoms with E-state index in [-0.39, 0.29) is 35.9 Å². The minimum absolute atomic E-state index is 0.0451. The van der Waals surface area contributed by atoms with Gasteiger partial charge in [0.15, 0.2) is 0 Å². The Morgan fingerprint density at radius 2 is 1.59 bits per heavy atom. The van der Waals surface area contributed by atoms with E-state index >= 15 is 0 Å². The molecule has 5 atom stereocenters. The van der Waals surface area contributed by atoms with E-state index in [2.05, 4.69) is 71.0 Å². The number of carbonyl (C=O) groups excluding carboxylic acids is 2. The van der Waals surface area contributed by atoms with Crippen molar-refractivity contribution in [2.24, 2.45) is 11.8 Å². The number of hydrogen-bond acceptors (Lipinski definition) is 3. The highest BCUT2D eigenvalue weighted by Gasteiger charge is 2.48. The van der Waals surface area contributed by atoms with Crippen LogP contribution in [0.15, 0.2) is 78.9 Å². The quantitative estimate of drug-likeness (QED) is 0.466. The van der Waals surface area contributed by atoms with Gasteiger partial charge in [-0.2, -0.15) is 0 Å². The smallest absolute Gasteiger partial charge is 0.251 e. The number of amides is 2. The molecule has 190 valence electrons. The van der Waals surface area contributed by atoms with Crippen molar-refractivity contribution in [1.29, 1.82) is 0 Å². The van der Waals surface area contributed by atoms with E-state index in [4.69, 9.17) is 0 Å². The number of likely N-dealkylation sites (tertiary alicyclic amines) is 1. The second kappa shape index (κ2) is 10.0. The maximum Gasteiger partial charge on any atom is 0.251 e. The first-order valence-electron chi connectivity index (χ1n) is 13.7. The molecule has 0 spiro atoms. The van der Waals surface area contributed by atoms with E-state index < -0.39 is 0 Å². The van der Waals surface area contributed by atoms with Crippen molar-refractivity contribution in [3.8, 4) is 0 Å². The summed E-state index contributed by atoms with van der Waals surface area (Å²) in [5, 5.41) is 7.02. The van der Waals surface area contributed by atoms with Crippen LogP contribution in [0.25, 0.3) is 0 Å². The van der Waals surface area contributed by atoms with Crippen LogP contribution in [0.2, 0.25) is 0 Å². The largest absolute Gasteiger partial charge is 0.378 e. The average Bonchev–Trinajstić information content (AvgIpc) is 3.39. The lowest BCUT2D eigenvalue weighted by molar-refractivity contribution is -0.138. The van der Waals surface area contributed by atoms with Crippen LogP contribution in [0.1, 0.15) is 71.2 Å². The van der Waals surface area contributed by atoms with E-state index in [0.717, 1.165) is 44.3 Å². The number of fused-ring (bicyclic) bond motifs is 3. The Labute approximate surface area is 219 Å². The Morgan fingerprint density at radius 1 is 0.865 bits per heavy atom. The molecule has 6 rings (SSSR count). The summed E-state index contributed by atoms with van der Waals surface area (Å²) in [6.07, 6.45) is 4.71. The number of benzene rings is 3. The third kappa shape index (κ3) is 4.52. The summed E-state index contributed by atoms with van der Waals surface area (Å²) in [5.74, 6) is 0.240. The molecule has 1 saturated heterocycles. The zero-order chi connectivity index (χ0) is 25.4. The van der Waals surface area contributed by atoms with Gasteiger partial charge in [-0.15, -0.1) is 0 Å². The highest BCUT2D eigenvalue weighted by molar-refractivity contribution is 5.95. The molecule has 0 bridgehead atoms. The van der Waals surface area contributed by atoms with Crippen molar-refractivity contribution in [3.05, 3.63) is 101 Å². The normalized spacial score (nSPS) is 26.5. The lowest BCUT2D eigenvalue weighted by Gasteiger charge is -2.42. The Bertz CT molecular complexity index is 1270. The molecule has 3 aromatic carbocycles. The second-order valence-electron chi connectivity index (χ2n) is 10.9. The first kappa shape index (κ1) is 23.8. The van der Waals surface area contributed by atoms with Gasteiger partial charge in [0.05, 0.1) is 18.0 Å². The van der Waals surface area contributed by atoms with Gasteiger partial charge in [-0.05, 0) is 55.5 Å². The van der Waals surface area contributed by atoms with Crippen LogP contribution in [0.3, 0.4) is 0 Å². The highest BCUT2D eigenvalue weighted by Crippen LogP contribution is 2.51. The molecule has 2 aliphatic heterocycles. The van der Waals surface area contributed by atoms with Crippen molar-refractivity contribution in [3.63, 3.8) is 0 Å². The van der Waals surface area contributed by atoms with Gasteiger partial charge in [0.2, 0.25) is 5.91 Å². The molecule has 5 nitrogen and oxygen atoms in total. The Morgan fingerprint density at radius 3 is 2.41 bits per heavy atom. The molecular weight excluding hydrogens is 458 g/mol. The lowest BCUT2D eigenvalue weighted by Crippen LogP contribution is -2.50. The van der Waals surface area contributed by atoms with Gasteiger partial charge in [-0.1, -0.05) is 79.1 Å². The minimum atomic E-state index is -0.181. The van der Waals surface area contributed by atoms with Crippen LogP contribution in [0, 0.1) is 18.8 Å². The molecule has 2 amide bonds. The van der Waals surface area contributed by atoms with Crippen LogP contribution < -0.4 is 10.6 Å². The lowest BCUT2D eigenvalue weighted by atomic mass is 9.79. The molecule has 3 aliphatic rings. The summed E-state index contributed by atoms with van der Waals surface area (Å²) in [6.45, 7) is 2.87. The predicted molar refractivity (Wildman–Crippen MR) is 146 cm³/mol. The molecule has 2 heterocycles. The van der Waals surface area contributed by atoms with E-state index in [9.17, 15) is 9.59 Å². The van der Waals surface area contributed by atoms with E-state index in [1.165, 1.54) is 16.7 Å². The van der Waals surface area contributed by atoms with Crippen molar-refractivity contribution in [2.45, 2.75) is 57.2 Å². The number of nitrogens with one attached hydrogen (secondary N) is 2. The van der Waals surface area contributed by atoms with Crippen LogP contribution in [-0.2, 0) is 4.79 Å². The summed E-state index contributed by atoms with van der Waals surface area (Å²) in [6, 6.07) is 26.6. The summed E-state index contributed by atoms with van der Waals surface area (Å²) in [7, 11) is 0. The number of para-hydroxylation sites is 1. The van der Waals surface area contributed by atoms with Gasteiger partial charge < -0.3 is 15.5 Å². The topological polar surface area (TPSA) is 61.4 Å². The third-order valence-corrected chi connectivity index (χ3v) is 8.62. The summed E-state index contributed by atoms with van der Waals surface area (Å²) >= 11 is 0. The molecule has 1 aliphatic carbocycles. The molecule has 5 heteroatoms. The van der Waals surface area contributed by atoms with E-state index in [1.54, 1.807) is 0 Å². The minimum Gasteiger partial charge on any atom is -0.378 e. The highest BCUT2D eigenvalue weighted by atomic mass is 16.2. The fraction of sp³-hybridized carbons (Fsp3) is 0.375. The monoisotopic (exact) mass is 493 g/mol. The molecule has 2 N–H and O–H groups in total. The Kier molecular flexibility index (Phi) is 6.45. The fourth-order valence-electron chi connectivity index (χ4n) is 6.73. The van der Waals surface area contributed by atoms with Crippen LogP contribution >= 0.6 is 0 Å². The number of nitrogens with zero attached hydrogens (tertiary/aromatic N) is 1. The zero-order valence-corrected chi connectivity index (χ0v) is 21.4. The standard InChI is InChI=1S/C32H35N3O2/c1-21-15-17-22(18-16-21)29-26-19-20-35(30(26)24-11-5-7-13-27(24)33-29)32(37)25-12-6-8-14-28(25)34-31(36)23-9-3-2-4-10-23/h2-5,7,9-11,13,15-18,25-26,28-30,33H,6,8,12,14,19-20H2,1H3,(H,34,36)/t25-,26+,28+,29-,30-/m0/s1.